The average Bonchev–Trinajstić information content (AvgIpc) is 3.28. The van der Waals surface area contributed by atoms with E-state index in [-0.39, 0.29) is 17.5 Å². The smallest absolute Gasteiger partial charge is 0.349 e. The zero-order chi connectivity index (χ0) is 31.9. The molecule has 5 nitrogen and oxygen atoms in total. The van der Waals surface area contributed by atoms with E-state index in [2.05, 4.69) is 26.7 Å². The van der Waals surface area contributed by atoms with E-state index in [4.69, 9.17) is 0 Å². The predicted octanol–water partition coefficient (Wildman–Crippen LogP) is 7.26. The van der Waals surface area contributed by atoms with E-state index in [1.165, 1.54) is 35.5 Å². The number of aromatic nitrogens is 1. The molecule has 2 aliphatic rings. The molecule has 1 amide bonds. The van der Waals surface area contributed by atoms with Crippen LogP contribution in [-0.4, -0.2) is 46.0 Å². The van der Waals surface area contributed by atoms with Gasteiger partial charge in [-0.25, -0.2) is 8.78 Å². The number of alkyl halides is 5. The van der Waals surface area contributed by atoms with Crippen molar-refractivity contribution in [2.75, 3.05) is 19.6 Å². The summed E-state index contributed by atoms with van der Waals surface area (Å²) in [6.45, 7) is 5.19. The third-order valence-electron chi connectivity index (χ3n) is 9.22. The second-order valence-electron chi connectivity index (χ2n) is 12.5. The molecule has 1 saturated heterocycles. The highest BCUT2D eigenvalue weighted by molar-refractivity contribution is 5.99. The van der Waals surface area contributed by atoms with Crippen molar-refractivity contribution in [2.45, 2.75) is 64.0 Å². The SMILES string of the molecule is Cn1c2c(c3cc(C(=O)NC4CCN(Cc5ccc(C(F)(F)F)cc5)CC4)ccc31)CN(Cc1ccc(C(C)(F)F)cc1)CC2. The minimum atomic E-state index is -4.34. The number of carbonyl (C=O) groups is 1. The van der Waals surface area contributed by atoms with Gasteiger partial charge < -0.3 is 9.88 Å². The quantitative estimate of drug-likeness (QED) is 0.220. The second kappa shape index (κ2) is 12.2. The Bertz CT molecular complexity index is 1660. The lowest BCUT2D eigenvalue weighted by atomic mass is 10.0. The first-order valence-electron chi connectivity index (χ1n) is 15.3. The molecule has 238 valence electrons. The molecular formula is C35H37F5N4O. The van der Waals surface area contributed by atoms with Gasteiger partial charge >= 0.3 is 6.18 Å². The third kappa shape index (κ3) is 6.92. The summed E-state index contributed by atoms with van der Waals surface area (Å²) in [6, 6.07) is 17.7. The summed E-state index contributed by atoms with van der Waals surface area (Å²) >= 11 is 0. The van der Waals surface area contributed by atoms with Gasteiger partial charge in [-0.3, -0.25) is 14.6 Å². The molecule has 0 radical (unpaired) electrons. The van der Waals surface area contributed by atoms with Gasteiger partial charge in [0.15, 0.2) is 0 Å². The third-order valence-corrected chi connectivity index (χ3v) is 9.22. The van der Waals surface area contributed by atoms with Gasteiger partial charge in [0.25, 0.3) is 11.8 Å². The Morgan fingerprint density at radius 2 is 1.42 bits per heavy atom. The highest BCUT2D eigenvalue weighted by Gasteiger charge is 2.30. The highest BCUT2D eigenvalue weighted by atomic mass is 19.4. The number of fused-ring (bicyclic) bond motifs is 3. The fourth-order valence-electron chi connectivity index (χ4n) is 6.63. The summed E-state index contributed by atoms with van der Waals surface area (Å²) in [4.78, 5) is 17.8. The van der Waals surface area contributed by atoms with Crippen molar-refractivity contribution in [3.05, 3.63) is 106 Å². The second-order valence-corrected chi connectivity index (χ2v) is 12.5. The molecular weight excluding hydrogens is 587 g/mol. The maximum Gasteiger partial charge on any atom is 0.416 e. The zero-order valence-corrected chi connectivity index (χ0v) is 25.4. The molecule has 0 saturated carbocycles. The maximum absolute atomic E-state index is 13.6. The molecule has 1 aromatic heterocycles. The molecule has 0 aliphatic carbocycles. The number of hydrogen-bond acceptors (Lipinski definition) is 3. The number of amides is 1. The monoisotopic (exact) mass is 624 g/mol. The molecule has 0 bridgehead atoms. The van der Waals surface area contributed by atoms with Crippen molar-refractivity contribution in [1.29, 1.82) is 0 Å². The number of rotatable bonds is 7. The molecule has 0 spiro atoms. The summed E-state index contributed by atoms with van der Waals surface area (Å²) < 4.78 is 68.1. The van der Waals surface area contributed by atoms with Gasteiger partial charge in [-0.2, -0.15) is 13.2 Å². The summed E-state index contributed by atoms with van der Waals surface area (Å²) in [5.41, 5.74) is 5.31. The van der Waals surface area contributed by atoms with Crippen molar-refractivity contribution >= 4 is 16.8 Å². The van der Waals surface area contributed by atoms with Gasteiger partial charge in [0, 0.05) is 93.4 Å². The van der Waals surface area contributed by atoms with E-state index in [0.29, 0.717) is 25.2 Å². The lowest BCUT2D eigenvalue weighted by Crippen LogP contribution is -2.44. The van der Waals surface area contributed by atoms with Crippen molar-refractivity contribution in [2.24, 2.45) is 7.05 Å². The van der Waals surface area contributed by atoms with Gasteiger partial charge in [0.1, 0.15) is 0 Å². The Labute approximate surface area is 259 Å². The summed E-state index contributed by atoms with van der Waals surface area (Å²) in [5, 5.41) is 4.24. The summed E-state index contributed by atoms with van der Waals surface area (Å²) in [5.74, 6) is -2.97. The van der Waals surface area contributed by atoms with Crippen LogP contribution in [0.4, 0.5) is 22.0 Å². The van der Waals surface area contributed by atoms with E-state index in [1.807, 2.05) is 18.2 Å². The Kier molecular flexibility index (Phi) is 8.47. The van der Waals surface area contributed by atoms with Crippen LogP contribution >= 0.6 is 0 Å². The fraction of sp³-hybridized carbons (Fsp3) is 0.400. The van der Waals surface area contributed by atoms with Crippen LogP contribution in [0.2, 0.25) is 0 Å². The molecule has 4 aromatic rings. The number of hydrogen-bond donors (Lipinski definition) is 1. The first-order valence-corrected chi connectivity index (χ1v) is 15.3. The van der Waals surface area contributed by atoms with E-state index in [1.54, 1.807) is 12.1 Å². The number of halogens is 5. The molecule has 0 atom stereocenters. The van der Waals surface area contributed by atoms with Crippen LogP contribution in [0.5, 0.6) is 0 Å². The summed E-state index contributed by atoms with van der Waals surface area (Å²) in [6.07, 6.45) is -1.95. The zero-order valence-electron chi connectivity index (χ0n) is 25.4. The number of piperidine rings is 1. The Morgan fingerprint density at radius 1 is 0.822 bits per heavy atom. The number of carbonyl (C=O) groups excluding carboxylic acids is 1. The molecule has 6 rings (SSSR count). The first-order chi connectivity index (χ1) is 21.3. The lowest BCUT2D eigenvalue weighted by Gasteiger charge is -2.32. The van der Waals surface area contributed by atoms with Crippen LogP contribution in [-0.2, 0) is 45.2 Å². The van der Waals surface area contributed by atoms with E-state index in [9.17, 15) is 26.7 Å². The van der Waals surface area contributed by atoms with E-state index in [0.717, 1.165) is 80.0 Å². The Morgan fingerprint density at radius 3 is 2.02 bits per heavy atom. The number of nitrogens with one attached hydrogen (secondary N) is 1. The lowest BCUT2D eigenvalue weighted by molar-refractivity contribution is -0.137. The standard InChI is InChI=1S/C35H37F5N4O/c1-34(36,37)26-8-3-24(4-9-26)21-44-18-15-32-30(22-44)29-19-25(7-12-31(29)42(32)2)33(45)41-28-13-16-43(17-14-28)20-23-5-10-27(11-6-23)35(38,39)40/h3-12,19,28H,13-18,20-22H2,1-2H3,(H,41,45). The number of aryl methyl sites for hydroxylation is 1. The molecule has 3 heterocycles. The number of nitrogens with zero attached hydrogens (tertiary/aromatic N) is 3. The maximum atomic E-state index is 13.6. The molecule has 10 heteroatoms. The average molecular weight is 625 g/mol. The van der Waals surface area contributed by atoms with Crippen LogP contribution in [0.1, 0.15) is 63.6 Å². The normalized spacial score (nSPS) is 17.0. The molecule has 45 heavy (non-hydrogen) atoms. The number of likely N-dealkylation sites (tertiary alicyclic amines) is 1. The van der Waals surface area contributed by atoms with E-state index >= 15 is 0 Å². The highest BCUT2D eigenvalue weighted by Crippen LogP contribution is 2.33. The van der Waals surface area contributed by atoms with Crippen molar-refractivity contribution < 1.29 is 26.7 Å². The van der Waals surface area contributed by atoms with Crippen LogP contribution in [0.15, 0.2) is 66.7 Å². The number of benzene rings is 3. The van der Waals surface area contributed by atoms with Crippen molar-refractivity contribution in [1.82, 2.24) is 19.7 Å². The molecule has 1 N–H and O–H groups in total. The minimum absolute atomic E-state index is 0.00995. The Balaban J connectivity index is 1.07. The predicted molar refractivity (Wildman–Crippen MR) is 164 cm³/mol. The van der Waals surface area contributed by atoms with Crippen LogP contribution < -0.4 is 5.32 Å². The van der Waals surface area contributed by atoms with Crippen LogP contribution in [0, 0.1) is 0 Å². The van der Waals surface area contributed by atoms with Gasteiger partial charge in [-0.15, -0.1) is 0 Å². The fourth-order valence-corrected chi connectivity index (χ4v) is 6.63. The topological polar surface area (TPSA) is 40.5 Å². The van der Waals surface area contributed by atoms with Gasteiger partial charge in [-0.1, -0.05) is 36.4 Å². The molecule has 3 aromatic carbocycles. The first kappa shape index (κ1) is 31.2. The van der Waals surface area contributed by atoms with Gasteiger partial charge in [0.05, 0.1) is 5.56 Å². The van der Waals surface area contributed by atoms with Crippen molar-refractivity contribution in [3.63, 3.8) is 0 Å². The Hall–Kier alpha value is -3.76. The van der Waals surface area contributed by atoms with Gasteiger partial charge in [-0.05, 0) is 59.9 Å². The largest absolute Gasteiger partial charge is 0.416 e. The van der Waals surface area contributed by atoms with E-state index < -0.39 is 17.7 Å². The summed E-state index contributed by atoms with van der Waals surface area (Å²) in [7, 11) is 2.05. The molecule has 1 fully saturated rings. The van der Waals surface area contributed by atoms with Crippen LogP contribution in [0.25, 0.3) is 10.9 Å². The molecule has 2 aliphatic heterocycles. The van der Waals surface area contributed by atoms with Crippen LogP contribution in [0.3, 0.4) is 0 Å². The molecule has 0 unspecified atom stereocenters. The van der Waals surface area contributed by atoms with Gasteiger partial charge in [0.2, 0.25) is 0 Å². The minimum Gasteiger partial charge on any atom is -0.349 e. The van der Waals surface area contributed by atoms with Crippen molar-refractivity contribution in [3.8, 4) is 0 Å².